The molecule has 0 aromatic heterocycles. The molecule has 1 amide bonds. The van der Waals surface area contributed by atoms with E-state index >= 15 is 0 Å². The Morgan fingerprint density at radius 1 is 1.29 bits per heavy atom. The largest absolute Gasteiger partial charge is 0.465 e. The van der Waals surface area contributed by atoms with Crippen molar-refractivity contribution in [3.63, 3.8) is 0 Å². The van der Waals surface area contributed by atoms with Crippen LogP contribution >= 0.6 is 0 Å². The second-order valence-electron chi connectivity index (χ2n) is 5.13. The molecule has 17 heavy (non-hydrogen) atoms. The van der Waals surface area contributed by atoms with Gasteiger partial charge in [-0.2, -0.15) is 0 Å². The number of aryl methyl sites for hydroxylation is 1. The molecule has 2 N–H and O–H groups in total. The molecule has 3 nitrogen and oxygen atoms in total. The third kappa shape index (κ3) is 2.14. The summed E-state index contributed by atoms with van der Waals surface area (Å²) in [6.07, 6.45) is 4.79. The van der Waals surface area contributed by atoms with E-state index in [0.29, 0.717) is 0 Å². The average molecular weight is 231 g/mol. The van der Waals surface area contributed by atoms with Crippen molar-refractivity contribution in [1.29, 1.82) is 0 Å². The predicted molar refractivity (Wildman–Crippen MR) is 65.3 cm³/mol. The zero-order valence-electron chi connectivity index (χ0n) is 9.78. The van der Waals surface area contributed by atoms with Crippen LogP contribution in [-0.4, -0.2) is 11.2 Å². The zero-order valence-corrected chi connectivity index (χ0v) is 9.78. The van der Waals surface area contributed by atoms with Crippen LogP contribution in [0, 0.1) is 0 Å². The van der Waals surface area contributed by atoms with Crippen molar-refractivity contribution in [3.05, 3.63) is 34.9 Å². The Hall–Kier alpha value is -1.51. The fourth-order valence-electron chi connectivity index (χ4n) is 2.80. The van der Waals surface area contributed by atoms with Gasteiger partial charge in [-0.3, -0.25) is 0 Å². The average Bonchev–Trinajstić information content (AvgIpc) is 3.12. The summed E-state index contributed by atoms with van der Waals surface area (Å²) in [7, 11) is 0. The number of rotatable bonds is 2. The molecule has 2 aliphatic carbocycles. The normalized spacial score (nSPS) is 22.9. The molecular formula is C14H17NO2. The molecule has 0 saturated heterocycles. The van der Waals surface area contributed by atoms with E-state index in [2.05, 4.69) is 23.5 Å². The fourth-order valence-corrected chi connectivity index (χ4v) is 2.80. The molecule has 0 radical (unpaired) electrons. The van der Waals surface area contributed by atoms with E-state index in [9.17, 15) is 4.79 Å². The second kappa shape index (κ2) is 4.06. The van der Waals surface area contributed by atoms with Crippen LogP contribution in [-0.2, 0) is 6.42 Å². The van der Waals surface area contributed by atoms with E-state index in [1.165, 1.54) is 29.5 Å². The third-order valence-electron chi connectivity index (χ3n) is 3.83. The third-order valence-corrected chi connectivity index (χ3v) is 3.83. The van der Waals surface area contributed by atoms with E-state index in [-0.39, 0.29) is 6.04 Å². The molecule has 1 aromatic rings. The highest BCUT2D eigenvalue weighted by molar-refractivity contribution is 5.65. The highest BCUT2D eigenvalue weighted by atomic mass is 16.4. The minimum absolute atomic E-state index is 0.00972. The molecule has 3 heteroatoms. The molecule has 3 rings (SSSR count). The van der Waals surface area contributed by atoms with Crippen LogP contribution in [0.2, 0.25) is 0 Å². The Morgan fingerprint density at radius 2 is 2.12 bits per heavy atom. The standard InChI is InChI=1S/C14H17NO2/c16-14(17)15-13-3-1-2-11-8-10(9-4-5-9)6-7-12(11)13/h6-9,13,15H,1-5H2,(H,16,17). The second-order valence-corrected chi connectivity index (χ2v) is 5.13. The van der Waals surface area contributed by atoms with Crippen LogP contribution < -0.4 is 5.32 Å². The van der Waals surface area contributed by atoms with E-state index in [1.807, 2.05) is 0 Å². The van der Waals surface area contributed by atoms with E-state index in [1.54, 1.807) is 0 Å². The SMILES string of the molecule is O=C(O)NC1CCCc2cc(C3CC3)ccc21. The van der Waals surface area contributed by atoms with Gasteiger partial charge < -0.3 is 10.4 Å². The van der Waals surface area contributed by atoms with Crippen LogP contribution in [0.25, 0.3) is 0 Å². The molecule has 1 unspecified atom stereocenters. The fraction of sp³-hybridized carbons (Fsp3) is 0.500. The maximum Gasteiger partial charge on any atom is 0.405 e. The molecule has 90 valence electrons. The van der Waals surface area contributed by atoms with Gasteiger partial charge in [-0.25, -0.2) is 4.79 Å². The summed E-state index contributed by atoms with van der Waals surface area (Å²) in [6, 6.07) is 6.59. The molecule has 0 aliphatic heterocycles. The molecule has 0 heterocycles. The highest BCUT2D eigenvalue weighted by Gasteiger charge is 2.26. The summed E-state index contributed by atoms with van der Waals surface area (Å²) >= 11 is 0. The highest BCUT2D eigenvalue weighted by Crippen LogP contribution is 2.42. The van der Waals surface area contributed by atoms with Crippen LogP contribution in [0.1, 0.15) is 54.3 Å². The number of hydrogen-bond acceptors (Lipinski definition) is 1. The Bertz CT molecular complexity index is 452. The summed E-state index contributed by atoms with van der Waals surface area (Å²) in [6.45, 7) is 0. The van der Waals surface area contributed by atoms with Crippen molar-refractivity contribution in [1.82, 2.24) is 5.32 Å². The summed E-state index contributed by atoms with van der Waals surface area (Å²) in [5, 5.41) is 11.5. The number of carbonyl (C=O) groups is 1. The summed E-state index contributed by atoms with van der Waals surface area (Å²) in [5.41, 5.74) is 3.97. The van der Waals surface area contributed by atoms with Gasteiger partial charge in [-0.1, -0.05) is 18.2 Å². The van der Waals surface area contributed by atoms with Crippen LogP contribution in [0.5, 0.6) is 0 Å². The van der Waals surface area contributed by atoms with Crippen molar-refractivity contribution < 1.29 is 9.90 Å². The topological polar surface area (TPSA) is 49.3 Å². The molecule has 1 aromatic carbocycles. The summed E-state index contributed by atoms with van der Waals surface area (Å²) in [4.78, 5) is 10.8. The van der Waals surface area contributed by atoms with Crippen LogP contribution in [0.3, 0.4) is 0 Å². The van der Waals surface area contributed by atoms with E-state index in [0.717, 1.165) is 25.2 Å². The van der Waals surface area contributed by atoms with E-state index in [4.69, 9.17) is 5.11 Å². The lowest BCUT2D eigenvalue weighted by molar-refractivity contribution is 0.188. The van der Waals surface area contributed by atoms with Gasteiger partial charge in [0, 0.05) is 0 Å². The van der Waals surface area contributed by atoms with Gasteiger partial charge in [0.15, 0.2) is 0 Å². The van der Waals surface area contributed by atoms with Gasteiger partial charge in [0.05, 0.1) is 6.04 Å². The minimum atomic E-state index is -0.922. The lowest BCUT2D eigenvalue weighted by Gasteiger charge is -2.25. The Labute approximate surface area is 101 Å². The summed E-state index contributed by atoms with van der Waals surface area (Å²) < 4.78 is 0. The van der Waals surface area contributed by atoms with Gasteiger partial charge in [0.1, 0.15) is 0 Å². The first-order valence-electron chi connectivity index (χ1n) is 6.36. The van der Waals surface area contributed by atoms with Crippen molar-refractivity contribution in [3.8, 4) is 0 Å². The minimum Gasteiger partial charge on any atom is -0.465 e. The monoisotopic (exact) mass is 231 g/mol. The molecule has 0 bridgehead atoms. The molecular weight excluding hydrogens is 214 g/mol. The zero-order chi connectivity index (χ0) is 11.8. The van der Waals surface area contributed by atoms with Crippen molar-refractivity contribution in [2.45, 2.75) is 44.1 Å². The first kappa shape index (κ1) is 10.6. The number of benzene rings is 1. The van der Waals surface area contributed by atoms with Crippen LogP contribution in [0.4, 0.5) is 4.79 Å². The molecule has 1 saturated carbocycles. The first-order valence-corrected chi connectivity index (χ1v) is 6.36. The van der Waals surface area contributed by atoms with Gasteiger partial charge in [0.25, 0.3) is 0 Å². The lowest BCUT2D eigenvalue weighted by atomic mass is 9.86. The smallest absolute Gasteiger partial charge is 0.405 e. The number of fused-ring (bicyclic) bond motifs is 1. The molecule has 2 aliphatic rings. The van der Waals surface area contributed by atoms with Gasteiger partial charge in [0.2, 0.25) is 0 Å². The van der Waals surface area contributed by atoms with Crippen molar-refractivity contribution in [2.24, 2.45) is 0 Å². The summed E-state index contributed by atoms with van der Waals surface area (Å²) in [5.74, 6) is 0.771. The van der Waals surface area contributed by atoms with E-state index < -0.39 is 6.09 Å². The van der Waals surface area contributed by atoms with Crippen molar-refractivity contribution in [2.75, 3.05) is 0 Å². The van der Waals surface area contributed by atoms with Crippen LogP contribution in [0.15, 0.2) is 18.2 Å². The Morgan fingerprint density at radius 3 is 2.82 bits per heavy atom. The van der Waals surface area contributed by atoms with Gasteiger partial charge in [-0.15, -0.1) is 0 Å². The molecule has 1 fully saturated rings. The number of hydrogen-bond donors (Lipinski definition) is 2. The maximum atomic E-state index is 10.8. The number of amides is 1. The number of carboxylic acid groups (broad SMARTS) is 1. The Balaban J connectivity index is 1.89. The van der Waals surface area contributed by atoms with Gasteiger partial charge >= 0.3 is 6.09 Å². The van der Waals surface area contributed by atoms with Gasteiger partial charge in [-0.05, 0) is 54.7 Å². The predicted octanol–water partition coefficient (Wildman–Crippen LogP) is 3.21. The number of nitrogens with one attached hydrogen (secondary N) is 1. The molecule has 1 atom stereocenters. The quantitative estimate of drug-likeness (QED) is 0.821. The first-order chi connectivity index (χ1) is 8.24. The maximum absolute atomic E-state index is 10.8. The van der Waals surface area contributed by atoms with Crippen molar-refractivity contribution >= 4 is 6.09 Å². The lowest BCUT2D eigenvalue weighted by Crippen LogP contribution is -2.29. The Kier molecular flexibility index (Phi) is 2.54. The molecule has 0 spiro atoms.